The van der Waals surface area contributed by atoms with E-state index < -0.39 is 5.97 Å². The van der Waals surface area contributed by atoms with Crippen molar-refractivity contribution >= 4 is 28.5 Å². The number of aliphatic carboxylic acids is 1. The molecule has 0 saturated heterocycles. The second-order valence-electron chi connectivity index (χ2n) is 8.45. The highest BCUT2D eigenvalue weighted by Crippen LogP contribution is 2.39. The van der Waals surface area contributed by atoms with Crippen LogP contribution in [0.2, 0.25) is 5.02 Å². The van der Waals surface area contributed by atoms with E-state index in [4.69, 9.17) is 16.7 Å². The van der Waals surface area contributed by atoms with E-state index in [1.165, 1.54) is 12.1 Å². The number of phenols is 2. The lowest BCUT2D eigenvalue weighted by molar-refractivity contribution is -0.136. The fourth-order valence-corrected chi connectivity index (χ4v) is 4.60. The van der Waals surface area contributed by atoms with Gasteiger partial charge in [0.15, 0.2) is 0 Å². The average Bonchev–Trinajstić information content (AvgIpc) is 2.83. The van der Waals surface area contributed by atoms with Gasteiger partial charge < -0.3 is 20.3 Å². The van der Waals surface area contributed by atoms with Gasteiger partial charge in [-0.15, -0.1) is 0 Å². The molecule has 0 amide bonds. The van der Waals surface area contributed by atoms with Gasteiger partial charge in [0.25, 0.3) is 5.56 Å². The van der Waals surface area contributed by atoms with Crippen LogP contribution < -0.4 is 5.56 Å². The molecule has 1 heterocycles. The molecular formula is C29H20ClNO5. The Hall–Kier alpha value is -4.55. The molecule has 6 nitrogen and oxygen atoms in total. The first-order chi connectivity index (χ1) is 17.3. The fraction of sp³-hybridized carbons (Fsp3) is 0.0345. The van der Waals surface area contributed by atoms with Crippen LogP contribution in [0.15, 0.2) is 89.7 Å². The number of aromatic nitrogens is 1. The number of carboxylic acid groups (broad SMARTS) is 1. The smallest absolute Gasteiger partial charge is 0.307 e. The first kappa shape index (κ1) is 23.2. The summed E-state index contributed by atoms with van der Waals surface area (Å²) in [6.45, 7) is 0. The largest absolute Gasteiger partial charge is 0.507 e. The molecule has 5 rings (SSSR count). The van der Waals surface area contributed by atoms with Crippen LogP contribution >= 0.6 is 11.6 Å². The number of benzene rings is 4. The SMILES string of the molecule is O=C(O)Cc1cccc(-c2cc3cc(-c4ccc(-c5c(O)cccc5O)cc4)c(Cl)cc3[nH]c2=O)c1. The number of carbonyl (C=O) groups is 1. The summed E-state index contributed by atoms with van der Waals surface area (Å²) in [4.78, 5) is 26.8. The number of hydrogen-bond donors (Lipinski definition) is 4. The van der Waals surface area contributed by atoms with Crippen LogP contribution in [0.1, 0.15) is 5.56 Å². The van der Waals surface area contributed by atoms with Crippen molar-refractivity contribution in [1.82, 2.24) is 4.98 Å². The van der Waals surface area contributed by atoms with E-state index in [1.54, 1.807) is 54.6 Å². The summed E-state index contributed by atoms with van der Waals surface area (Å²) in [6.07, 6.45) is -0.131. The first-order valence-electron chi connectivity index (χ1n) is 11.1. The van der Waals surface area contributed by atoms with Crippen molar-refractivity contribution in [3.05, 3.63) is 106 Å². The van der Waals surface area contributed by atoms with Crippen molar-refractivity contribution in [3.8, 4) is 44.9 Å². The fourth-order valence-electron chi connectivity index (χ4n) is 4.33. The summed E-state index contributed by atoms with van der Waals surface area (Å²) in [5.41, 5.74) is 4.49. The van der Waals surface area contributed by atoms with Gasteiger partial charge in [0, 0.05) is 16.6 Å². The van der Waals surface area contributed by atoms with E-state index in [9.17, 15) is 19.8 Å². The Kier molecular flexibility index (Phi) is 5.96. The molecule has 0 aliphatic rings. The molecule has 0 bridgehead atoms. The molecule has 1 aromatic heterocycles. The van der Waals surface area contributed by atoms with E-state index in [0.29, 0.717) is 38.4 Å². The number of nitrogens with one attached hydrogen (secondary N) is 1. The highest BCUT2D eigenvalue weighted by atomic mass is 35.5. The average molecular weight is 498 g/mol. The summed E-state index contributed by atoms with van der Waals surface area (Å²) >= 11 is 6.57. The van der Waals surface area contributed by atoms with Crippen LogP contribution in [-0.2, 0) is 11.2 Å². The molecule has 0 radical (unpaired) electrons. The zero-order chi connectivity index (χ0) is 25.4. The molecule has 0 aliphatic carbocycles. The molecule has 7 heteroatoms. The maximum Gasteiger partial charge on any atom is 0.307 e. The summed E-state index contributed by atoms with van der Waals surface area (Å²) in [5, 5.41) is 30.6. The van der Waals surface area contributed by atoms with Gasteiger partial charge in [-0.25, -0.2) is 0 Å². The summed E-state index contributed by atoms with van der Waals surface area (Å²) in [5.74, 6) is -0.978. The van der Waals surface area contributed by atoms with Crippen molar-refractivity contribution in [1.29, 1.82) is 0 Å². The zero-order valence-corrected chi connectivity index (χ0v) is 19.6. The Morgan fingerprint density at radius 3 is 2.11 bits per heavy atom. The summed E-state index contributed by atoms with van der Waals surface area (Å²) in [6, 6.07) is 24.1. The van der Waals surface area contributed by atoms with Crippen LogP contribution in [0.4, 0.5) is 0 Å². The Bertz CT molecular complexity index is 1670. The van der Waals surface area contributed by atoms with Crippen LogP contribution in [0.5, 0.6) is 11.5 Å². The number of halogens is 1. The molecular weight excluding hydrogens is 478 g/mol. The second kappa shape index (κ2) is 9.24. The highest BCUT2D eigenvalue weighted by Gasteiger charge is 2.13. The minimum absolute atomic E-state index is 0.0182. The number of aromatic hydroxyl groups is 2. The maximum absolute atomic E-state index is 12.8. The Morgan fingerprint density at radius 2 is 1.42 bits per heavy atom. The lowest BCUT2D eigenvalue weighted by Crippen LogP contribution is -2.09. The second-order valence-corrected chi connectivity index (χ2v) is 8.86. The van der Waals surface area contributed by atoms with E-state index in [1.807, 2.05) is 18.2 Å². The predicted octanol–water partition coefficient (Wildman–Crippen LogP) is 6.22. The third-order valence-electron chi connectivity index (χ3n) is 6.03. The maximum atomic E-state index is 12.8. The standard InChI is InChI=1S/C29H20ClNO5/c30-23-15-24-20(14-22(29(36)31-24)19-4-1-3-16(11-19)12-27(34)35)13-21(23)17-7-9-18(10-8-17)28-25(32)5-2-6-26(28)33/h1-11,13-15,32-33H,12H2,(H,31,36)(H,34,35). The number of rotatable bonds is 5. The highest BCUT2D eigenvalue weighted by molar-refractivity contribution is 6.34. The molecule has 5 aromatic rings. The normalized spacial score (nSPS) is 11.0. The lowest BCUT2D eigenvalue weighted by Gasteiger charge is -2.11. The molecule has 0 spiro atoms. The summed E-state index contributed by atoms with van der Waals surface area (Å²) in [7, 11) is 0. The van der Waals surface area contributed by atoms with E-state index >= 15 is 0 Å². The molecule has 36 heavy (non-hydrogen) atoms. The van der Waals surface area contributed by atoms with Gasteiger partial charge in [0.2, 0.25) is 0 Å². The van der Waals surface area contributed by atoms with Crippen molar-refractivity contribution < 1.29 is 20.1 Å². The Balaban J connectivity index is 1.57. The Labute approximate surface area is 210 Å². The third kappa shape index (κ3) is 4.42. The number of fused-ring (bicyclic) bond motifs is 1. The zero-order valence-electron chi connectivity index (χ0n) is 18.8. The van der Waals surface area contributed by atoms with Gasteiger partial charge in [0.1, 0.15) is 11.5 Å². The van der Waals surface area contributed by atoms with Crippen LogP contribution in [0.25, 0.3) is 44.3 Å². The van der Waals surface area contributed by atoms with Crippen molar-refractivity contribution in [3.63, 3.8) is 0 Å². The van der Waals surface area contributed by atoms with Gasteiger partial charge in [-0.1, -0.05) is 66.2 Å². The minimum atomic E-state index is -0.942. The van der Waals surface area contributed by atoms with E-state index in [-0.39, 0.29) is 23.5 Å². The van der Waals surface area contributed by atoms with Crippen LogP contribution in [0.3, 0.4) is 0 Å². The topological polar surface area (TPSA) is 111 Å². The number of hydrogen-bond acceptors (Lipinski definition) is 4. The van der Waals surface area contributed by atoms with Crippen molar-refractivity contribution in [2.75, 3.05) is 0 Å². The van der Waals surface area contributed by atoms with E-state index in [0.717, 1.165) is 16.5 Å². The van der Waals surface area contributed by atoms with Crippen molar-refractivity contribution in [2.24, 2.45) is 0 Å². The third-order valence-corrected chi connectivity index (χ3v) is 6.34. The van der Waals surface area contributed by atoms with Crippen LogP contribution in [-0.4, -0.2) is 26.3 Å². The molecule has 0 unspecified atom stereocenters. The monoisotopic (exact) mass is 497 g/mol. The van der Waals surface area contributed by atoms with Gasteiger partial charge in [-0.05, 0) is 58.0 Å². The number of aromatic amines is 1. The van der Waals surface area contributed by atoms with Gasteiger partial charge in [0.05, 0.1) is 17.0 Å². The van der Waals surface area contributed by atoms with Gasteiger partial charge >= 0.3 is 5.97 Å². The molecule has 0 fully saturated rings. The number of carboxylic acids is 1. The summed E-state index contributed by atoms with van der Waals surface area (Å²) < 4.78 is 0. The number of pyridine rings is 1. The van der Waals surface area contributed by atoms with Crippen LogP contribution in [0, 0.1) is 0 Å². The molecule has 4 N–H and O–H groups in total. The Morgan fingerprint density at radius 1 is 0.778 bits per heavy atom. The van der Waals surface area contributed by atoms with Crippen molar-refractivity contribution in [2.45, 2.75) is 6.42 Å². The number of H-pyrrole nitrogens is 1. The van der Waals surface area contributed by atoms with Gasteiger partial charge in [-0.2, -0.15) is 0 Å². The molecule has 178 valence electrons. The lowest BCUT2D eigenvalue weighted by atomic mass is 9.97. The molecule has 0 aliphatic heterocycles. The minimum Gasteiger partial charge on any atom is -0.507 e. The number of phenolic OH excluding ortho intramolecular Hbond substituents is 2. The first-order valence-corrected chi connectivity index (χ1v) is 11.5. The predicted molar refractivity (Wildman–Crippen MR) is 141 cm³/mol. The molecule has 0 atom stereocenters. The van der Waals surface area contributed by atoms with E-state index in [2.05, 4.69) is 4.98 Å². The molecule has 4 aromatic carbocycles. The quantitative estimate of drug-likeness (QED) is 0.230. The molecule has 0 saturated carbocycles. The van der Waals surface area contributed by atoms with Gasteiger partial charge in [-0.3, -0.25) is 9.59 Å².